The molecule has 0 spiro atoms. The fraction of sp³-hybridized carbons (Fsp3) is 0.259. The number of ether oxygens (including phenoxy) is 1. The predicted octanol–water partition coefficient (Wildman–Crippen LogP) is 6.47. The van der Waals surface area contributed by atoms with Crippen molar-refractivity contribution < 1.29 is 14.3 Å². The molecule has 0 saturated heterocycles. The topological polar surface area (TPSA) is 67.4 Å². The molecule has 0 heterocycles. The van der Waals surface area contributed by atoms with Crippen LogP contribution >= 0.6 is 15.9 Å². The number of anilines is 1. The summed E-state index contributed by atoms with van der Waals surface area (Å²) in [5, 5.41) is 5.77. The molecule has 0 aliphatic carbocycles. The van der Waals surface area contributed by atoms with E-state index in [1.807, 2.05) is 55.5 Å². The van der Waals surface area contributed by atoms with Gasteiger partial charge in [-0.3, -0.25) is 9.59 Å². The molecule has 0 radical (unpaired) electrons. The summed E-state index contributed by atoms with van der Waals surface area (Å²) in [7, 11) is 0. The molecule has 0 aliphatic rings. The van der Waals surface area contributed by atoms with Crippen molar-refractivity contribution in [2.45, 2.75) is 39.2 Å². The fourth-order valence-electron chi connectivity index (χ4n) is 3.33. The number of carbonyl (C=O) groups excluding carboxylic acids is 2. The number of halogens is 1. The molecule has 172 valence electrons. The second-order valence-electron chi connectivity index (χ2n) is 8.02. The minimum atomic E-state index is -0.275. The molecular formula is C27H29BrN2O3. The van der Waals surface area contributed by atoms with Crippen molar-refractivity contribution in [3.63, 3.8) is 0 Å². The number of amides is 2. The molecule has 6 heteroatoms. The molecule has 5 nitrogen and oxygen atoms in total. The number of rotatable bonds is 9. The Morgan fingerprint density at radius 2 is 1.64 bits per heavy atom. The van der Waals surface area contributed by atoms with Gasteiger partial charge in [0.15, 0.2) is 6.61 Å². The zero-order valence-electron chi connectivity index (χ0n) is 19.1. The number of hydrogen-bond donors (Lipinski definition) is 2. The molecule has 3 aromatic carbocycles. The number of nitrogens with one attached hydrogen (secondary N) is 2. The van der Waals surface area contributed by atoms with Crippen LogP contribution in [0.5, 0.6) is 5.75 Å². The Balaban J connectivity index is 1.51. The molecule has 3 aromatic rings. The third-order valence-electron chi connectivity index (χ3n) is 5.57. The highest BCUT2D eigenvalue weighted by molar-refractivity contribution is 9.10. The molecule has 3 rings (SSSR count). The Morgan fingerprint density at radius 1 is 0.939 bits per heavy atom. The molecule has 0 fully saturated rings. The highest BCUT2D eigenvalue weighted by Crippen LogP contribution is 2.30. The van der Waals surface area contributed by atoms with Crippen LogP contribution in [0.3, 0.4) is 0 Å². The Morgan fingerprint density at radius 3 is 2.27 bits per heavy atom. The van der Waals surface area contributed by atoms with E-state index in [1.165, 1.54) is 5.56 Å². The highest BCUT2D eigenvalue weighted by atomic mass is 79.9. The van der Waals surface area contributed by atoms with Gasteiger partial charge in [-0.25, -0.2) is 0 Å². The average Bonchev–Trinajstić information content (AvgIpc) is 2.83. The largest absolute Gasteiger partial charge is 0.483 e. The Bertz CT molecular complexity index is 1080. The van der Waals surface area contributed by atoms with Crippen LogP contribution in [-0.2, 0) is 4.79 Å². The minimum Gasteiger partial charge on any atom is -0.483 e. The van der Waals surface area contributed by atoms with Crippen LogP contribution in [0.1, 0.15) is 60.6 Å². The lowest BCUT2D eigenvalue weighted by Crippen LogP contribution is -2.26. The Hall–Kier alpha value is -3.12. The van der Waals surface area contributed by atoms with Gasteiger partial charge >= 0.3 is 0 Å². The maximum atomic E-state index is 12.5. The van der Waals surface area contributed by atoms with Crippen molar-refractivity contribution in [2.24, 2.45) is 0 Å². The molecule has 0 aromatic heterocycles. The standard InChI is InChI=1S/C27H29BrN2O3/c1-4-18(2)22-12-15-25(24(28)16-22)33-17-26(31)30-23-13-10-21(11-14-23)27(32)29-19(3)20-8-6-5-7-9-20/h5-16,18-19H,4,17H2,1-3H3,(H,29,32)(H,30,31). The lowest BCUT2D eigenvalue weighted by atomic mass is 9.99. The number of hydrogen-bond acceptors (Lipinski definition) is 3. The lowest BCUT2D eigenvalue weighted by Gasteiger charge is -2.15. The van der Waals surface area contributed by atoms with Crippen LogP contribution in [0.25, 0.3) is 0 Å². The zero-order valence-corrected chi connectivity index (χ0v) is 20.7. The molecular weight excluding hydrogens is 480 g/mol. The van der Waals surface area contributed by atoms with Gasteiger partial charge in [0.25, 0.3) is 11.8 Å². The van der Waals surface area contributed by atoms with Crippen molar-refractivity contribution in [2.75, 3.05) is 11.9 Å². The van der Waals surface area contributed by atoms with Gasteiger partial charge in [-0.05, 0) is 82.7 Å². The summed E-state index contributed by atoms with van der Waals surface area (Å²) in [6, 6.07) is 22.4. The molecule has 2 atom stereocenters. The Kier molecular flexibility index (Phi) is 8.66. The second-order valence-corrected chi connectivity index (χ2v) is 8.87. The fourth-order valence-corrected chi connectivity index (χ4v) is 3.84. The van der Waals surface area contributed by atoms with E-state index >= 15 is 0 Å². The second kappa shape index (κ2) is 11.7. The quantitative estimate of drug-likeness (QED) is 0.347. The van der Waals surface area contributed by atoms with Crippen molar-refractivity contribution in [1.29, 1.82) is 0 Å². The van der Waals surface area contributed by atoms with Gasteiger partial charge < -0.3 is 15.4 Å². The van der Waals surface area contributed by atoms with Crippen LogP contribution in [-0.4, -0.2) is 18.4 Å². The monoisotopic (exact) mass is 508 g/mol. The minimum absolute atomic E-state index is 0.103. The lowest BCUT2D eigenvalue weighted by molar-refractivity contribution is -0.118. The summed E-state index contributed by atoms with van der Waals surface area (Å²) in [6.45, 7) is 6.16. The van der Waals surface area contributed by atoms with Gasteiger partial charge in [-0.1, -0.05) is 50.2 Å². The van der Waals surface area contributed by atoms with Crippen molar-refractivity contribution >= 4 is 33.4 Å². The molecule has 2 amide bonds. The van der Waals surface area contributed by atoms with E-state index in [1.54, 1.807) is 24.3 Å². The van der Waals surface area contributed by atoms with E-state index in [0.717, 1.165) is 16.5 Å². The molecule has 2 N–H and O–H groups in total. The summed E-state index contributed by atoms with van der Waals surface area (Å²) in [6.07, 6.45) is 1.06. The normalized spacial score (nSPS) is 12.5. The van der Waals surface area contributed by atoms with E-state index < -0.39 is 0 Å². The maximum Gasteiger partial charge on any atom is 0.262 e. The van der Waals surface area contributed by atoms with Crippen molar-refractivity contribution in [3.8, 4) is 5.75 Å². The van der Waals surface area contributed by atoms with Crippen LogP contribution in [0, 0.1) is 0 Å². The predicted molar refractivity (Wildman–Crippen MR) is 136 cm³/mol. The third-order valence-corrected chi connectivity index (χ3v) is 6.19. The van der Waals surface area contributed by atoms with E-state index in [0.29, 0.717) is 22.9 Å². The molecule has 0 bridgehead atoms. The van der Waals surface area contributed by atoms with Gasteiger partial charge in [0.2, 0.25) is 0 Å². The maximum absolute atomic E-state index is 12.5. The van der Waals surface area contributed by atoms with E-state index in [2.05, 4.69) is 40.4 Å². The summed E-state index contributed by atoms with van der Waals surface area (Å²) in [4.78, 5) is 24.8. The Labute approximate surface area is 203 Å². The summed E-state index contributed by atoms with van der Waals surface area (Å²) >= 11 is 3.52. The van der Waals surface area contributed by atoms with Crippen LogP contribution in [0.15, 0.2) is 77.3 Å². The van der Waals surface area contributed by atoms with Gasteiger partial charge in [0, 0.05) is 11.3 Å². The van der Waals surface area contributed by atoms with Crippen LogP contribution in [0.4, 0.5) is 5.69 Å². The summed E-state index contributed by atoms with van der Waals surface area (Å²) < 4.78 is 6.49. The zero-order chi connectivity index (χ0) is 23.8. The summed E-state index contributed by atoms with van der Waals surface area (Å²) in [5.41, 5.74) is 3.39. The average molecular weight is 509 g/mol. The third kappa shape index (κ3) is 6.93. The summed E-state index contributed by atoms with van der Waals surface area (Å²) in [5.74, 6) is 0.642. The van der Waals surface area contributed by atoms with E-state index in [4.69, 9.17) is 4.74 Å². The molecule has 33 heavy (non-hydrogen) atoms. The van der Waals surface area contributed by atoms with Crippen LogP contribution < -0.4 is 15.4 Å². The van der Waals surface area contributed by atoms with Gasteiger partial charge in [0.1, 0.15) is 5.75 Å². The first-order valence-electron chi connectivity index (χ1n) is 11.0. The first-order chi connectivity index (χ1) is 15.9. The molecule has 0 aliphatic heterocycles. The van der Waals surface area contributed by atoms with Gasteiger partial charge in [-0.2, -0.15) is 0 Å². The molecule has 0 saturated carbocycles. The van der Waals surface area contributed by atoms with Crippen LogP contribution in [0.2, 0.25) is 0 Å². The first-order valence-corrected chi connectivity index (χ1v) is 11.8. The van der Waals surface area contributed by atoms with Gasteiger partial charge in [-0.15, -0.1) is 0 Å². The van der Waals surface area contributed by atoms with Crippen molar-refractivity contribution in [1.82, 2.24) is 5.32 Å². The van der Waals surface area contributed by atoms with Gasteiger partial charge in [0.05, 0.1) is 10.5 Å². The SMILES string of the molecule is CCC(C)c1ccc(OCC(=O)Nc2ccc(C(=O)NC(C)c3ccccc3)cc2)c(Br)c1. The highest BCUT2D eigenvalue weighted by Gasteiger charge is 2.12. The number of carbonyl (C=O) groups is 2. The number of benzene rings is 3. The van der Waals surface area contributed by atoms with Crippen molar-refractivity contribution in [3.05, 3.63) is 94.0 Å². The van der Waals surface area contributed by atoms with E-state index in [-0.39, 0.29) is 24.5 Å². The van der Waals surface area contributed by atoms with E-state index in [9.17, 15) is 9.59 Å². The first kappa shape index (κ1) is 24.5. The smallest absolute Gasteiger partial charge is 0.262 e. The molecule has 2 unspecified atom stereocenters.